The Morgan fingerprint density at radius 2 is 1.13 bits per heavy atom. The van der Waals surface area contributed by atoms with Gasteiger partial charge in [-0.3, -0.25) is 67.2 Å². The molecule has 0 saturated carbocycles. The number of benzene rings is 1. The summed E-state index contributed by atoms with van der Waals surface area (Å²) in [5.74, 6) is -16.8. The number of rotatable bonds is 34. The van der Waals surface area contributed by atoms with Crippen LogP contribution in [0.4, 0.5) is 0 Å². The molecule has 1 aromatic carbocycles. The summed E-state index contributed by atoms with van der Waals surface area (Å²) in [6, 6.07) is -13.5. The molecule has 3 aliphatic heterocycles. The second kappa shape index (κ2) is 49.9. The van der Waals surface area contributed by atoms with Crippen LogP contribution in [0.25, 0.3) is 0 Å². The topological polar surface area (TPSA) is 624 Å². The molecule has 0 unspecified atom stereocenters. The van der Waals surface area contributed by atoms with Crippen molar-refractivity contribution in [2.45, 2.75) is 286 Å². The zero-order valence-electron chi connectivity index (χ0n) is 66.7. The van der Waals surface area contributed by atoms with Crippen LogP contribution >= 0.6 is 0 Å². The van der Waals surface area contributed by atoms with E-state index in [1.807, 2.05) is 0 Å². The van der Waals surface area contributed by atoms with Crippen LogP contribution in [0.15, 0.2) is 24.3 Å². The molecule has 39 heteroatoms. The molecule has 3 fully saturated rings. The van der Waals surface area contributed by atoms with E-state index in [0.717, 1.165) is 81.9 Å². The summed E-state index contributed by atoms with van der Waals surface area (Å²) in [5.41, 5.74) is 23.4. The molecule has 3 aliphatic rings. The Labute approximate surface area is 665 Å². The average Bonchev–Trinajstić information content (AvgIpc) is 1.62. The third kappa shape index (κ3) is 31.4. The van der Waals surface area contributed by atoms with Crippen molar-refractivity contribution in [3.05, 3.63) is 29.8 Å². The lowest BCUT2D eigenvalue weighted by atomic mass is 9.99. The molecule has 0 spiro atoms. The Morgan fingerprint density at radius 3 is 1.70 bits per heavy atom. The summed E-state index contributed by atoms with van der Waals surface area (Å²) < 4.78 is 5.98. The van der Waals surface area contributed by atoms with E-state index >= 15 is 0 Å². The van der Waals surface area contributed by atoms with E-state index < -0.39 is 230 Å². The molecule has 0 bridgehead atoms. The monoisotopic (exact) mass is 1620 g/mol. The number of carbonyl (C=O) groups excluding carboxylic acids is 14. The van der Waals surface area contributed by atoms with Crippen molar-refractivity contribution in [2.24, 2.45) is 28.9 Å². The number of hydrogen-bond acceptors (Lipinski definition) is 26. The van der Waals surface area contributed by atoms with Crippen molar-refractivity contribution < 1.29 is 108 Å². The molecule has 13 amide bonds. The number of nitrogens with zero attached hydrogens (tertiary/aromatic N) is 3. The average molecular weight is 1620 g/mol. The quantitative estimate of drug-likeness (QED) is 0.0225. The van der Waals surface area contributed by atoms with Crippen molar-refractivity contribution in [2.75, 3.05) is 58.9 Å². The lowest BCUT2D eigenvalue weighted by Crippen LogP contribution is -2.63. The van der Waals surface area contributed by atoms with Crippen LogP contribution in [0.2, 0.25) is 0 Å². The highest BCUT2D eigenvalue weighted by atomic mass is 16.6. The number of cyclic esters (lactones) is 1. The van der Waals surface area contributed by atoms with Crippen LogP contribution in [0, 0.1) is 5.92 Å². The van der Waals surface area contributed by atoms with Gasteiger partial charge in [0.25, 0.3) is 5.91 Å². The first-order chi connectivity index (χ1) is 54.0. The van der Waals surface area contributed by atoms with Gasteiger partial charge in [0, 0.05) is 58.7 Å². The van der Waals surface area contributed by atoms with E-state index in [-0.39, 0.29) is 70.5 Å². The molecule has 3 heterocycles. The first-order valence-corrected chi connectivity index (χ1v) is 39.8. The maximum atomic E-state index is 14.9. The van der Waals surface area contributed by atoms with Crippen LogP contribution in [0.3, 0.4) is 0 Å². The van der Waals surface area contributed by atoms with E-state index in [0.29, 0.717) is 44.3 Å². The zero-order chi connectivity index (χ0) is 85.1. The van der Waals surface area contributed by atoms with Gasteiger partial charge < -0.3 is 126 Å². The fourth-order valence-corrected chi connectivity index (χ4v) is 13.8. The smallest absolute Gasteiger partial charge is 0.329 e. The number of amides is 13. The predicted octanol–water partition coefficient (Wildman–Crippen LogP) is -6.24. The summed E-state index contributed by atoms with van der Waals surface area (Å²) in [4.78, 5) is 203. The van der Waals surface area contributed by atoms with Gasteiger partial charge >= 0.3 is 5.97 Å². The van der Waals surface area contributed by atoms with Crippen molar-refractivity contribution in [1.82, 2.24) is 67.9 Å². The van der Waals surface area contributed by atoms with E-state index in [1.54, 1.807) is 4.90 Å². The van der Waals surface area contributed by atoms with Crippen LogP contribution in [-0.2, 0) is 78.3 Å². The lowest BCUT2D eigenvalue weighted by Gasteiger charge is -2.34. The number of aliphatic hydroxyl groups excluding tert-OH is 6. The Kier molecular flexibility index (Phi) is 42.7. The highest BCUT2D eigenvalue weighted by Crippen LogP contribution is 2.26. The number of phenols is 1. The van der Waals surface area contributed by atoms with Crippen LogP contribution < -0.4 is 76.1 Å². The minimum Gasteiger partial charge on any atom is -0.508 e. The van der Waals surface area contributed by atoms with Crippen LogP contribution in [-0.4, -0.2) is 301 Å². The maximum absolute atomic E-state index is 14.9. The minimum atomic E-state index is -2.23. The number of aromatic hydroxyl groups is 1. The first-order valence-electron chi connectivity index (χ1n) is 39.8. The van der Waals surface area contributed by atoms with Gasteiger partial charge in [-0.1, -0.05) is 97.1 Å². The zero-order valence-corrected chi connectivity index (χ0v) is 66.7. The molecule has 3 saturated heterocycles. The first kappa shape index (κ1) is 97.6. The maximum Gasteiger partial charge on any atom is 0.329 e. The molecule has 114 heavy (non-hydrogen) atoms. The number of carbonyl (C=O) groups is 14. The van der Waals surface area contributed by atoms with E-state index in [1.165, 1.54) is 45.0 Å². The SMILES string of the molecule is CCCCCCCCCCCCC[C@H]1OC(=O)[C@H](CCCNC(=O)[C@@H](CCCN)N(CCN)CCN)NC(=O)[C@@H]([C@@H](C)O)NC(=O)CNC(=O)[C@H]([C@H](O)CC(N)=O)NC(=O)[C@H]2[C@@H](O)CCN2C(=O)[C@H]([C@@H](C)O)NC(=O)[C@@H]2C[C@@H](O)CN2C(=O)[C@H](C(C)C)NC(=O)[C@H](Cc2ccc(O)cc2)NC(=O)[C@@H](C)NC(=O)[C@H]([C@@H](C)O)NC1=O. The standard InChI is InChI=1S/C75H127N17O22/c1-8-9-10-11-12-13-14-15-16-17-18-23-55-68(106)87-60(44(6)94)70(108)82-42(4)64(102)84-50(36-46-24-26-47(96)27-25-46)65(103)86-58(41(2)3)73(111)92-40-48(97)37-52(92)67(105)88-61(45(7)95)74(112)91-33-28-53(98)63(91)72(110)89-62(54(99)38-56(79)100)69(107)81-39-57(101)85-59(43(5)93)71(109)83-49(75(113)114-55)21-20-32-80-66(104)51(22-19-29-76)90(34-30-77)35-31-78/h24-27,41-45,48-55,58-63,93-99H,8-23,28-40,76-78H2,1-7H3,(H2,79,100)(H,80,104)(H,81,107)(H,82,108)(H,83,109)(H,84,102)(H,85,101)(H,86,103)(H,87,106)(H,88,105)(H,89,110)/t42-,43-,44-,45-,48-,49+,50+,51-,52+,53+,54-,55-,58+,59-,60+,61+,62+,63-/m1/s1. The second-order valence-electron chi connectivity index (χ2n) is 30.1. The normalized spacial score (nSPS) is 26.2. The summed E-state index contributed by atoms with van der Waals surface area (Å²) >= 11 is 0. The minimum absolute atomic E-state index is 0.106. The number of nitrogens with one attached hydrogen (secondary N) is 10. The number of unbranched alkanes of at least 4 members (excludes halogenated alkanes) is 10. The molecule has 644 valence electrons. The number of fused-ring (bicyclic) bond motifs is 2. The van der Waals surface area contributed by atoms with Crippen molar-refractivity contribution in [3.8, 4) is 5.75 Å². The number of hydrogen-bond donors (Lipinski definition) is 21. The van der Waals surface area contributed by atoms with E-state index in [4.69, 9.17) is 27.7 Å². The molecule has 25 N–H and O–H groups in total. The summed E-state index contributed by atoms with van der Waals surface area (Å²) in [5, 5.41) is 101. The number of nitrogens with two attached hydrogens (primary N) is 4. The molecule has 1 aromatic rings. The highest BCUT2D eigenvalue weighted by Gasteiger charge is 2.49. The van der Waals surface area contributed by atoms with E-state index in [9.17, 15) is 103 Å². The summed E-state index contributed by atoms with van der Waals surface area (Å²) in [6.45, 7) is 8.71. The van der Waals surface area contributed by atoms with Gasteiger partial charge in [0.05, 0.1) is 55.6 Å². The molecular weight excluding hydrogens is 1490 g/mol. The number of esters is 1. The third-order valence-electron chi connectivity index (χ3n) is 20.2. The molecular formula is C75H127N17O22. The fraction of sp³-hybridized carbons (Fsp3) is 0.733. The Bertz CT molecular complexity index is 3310. The summed E-state index contributed by atoms with van der Waals surface area (Å²) in [7, 11) is 0. The number of aliphatic hydroxyl groups is 6. The largest absolute Gasteiger partial charge is 0.508 e. The van der Waals surface area contributed by atoms with Gasteiger partial charge in [0.15, 0.2) is 6.10 Å². The molecule has 0 aliphatic carbocycles. The highest BCUT2D eigenvalue weighted by molar-refractivity contribution is 6.00. The number of phenolic OH excluding ortho intramolecular Hbond substituents is 1. The molecule has 0 radical (unpaired) electrons. The molecule has 4 rings (SSSR count). The predicted molar refractivity (Wildman–Crippen MR) is 413 cm³/mol. The van der Waals surface area contributed by atoms with Crippen LogP contribution in [0.1, 0.15) is 176 Å². The molecule has 18 atom stereocenters. The van der Waals surface area contributed by atoms with Crippen molar-refractivity contribution in [3.63, 3.8) is 0 Å². The Morgan fingerprint density at radius 1 is 0.588 bits per heavy atom. The number of ether oxygens (including phenoxy) is 1. The Hall–Kier alpha value is -8.80. The molecule has 0 aromatic heterocycles. The van der Waals surface area contributed by atoms with Gasteiger partial charge in [-0.25, -0.2) is 4.79 Å². The van der Waals surface area contributed by atoms with Crippen molar-refractivity contribution >= 4 is 82.8 Å². The fourth-order valence-electron chi connectivity index (χ4n) is 13.8. The molecule has 39 nitrogen and oxygen atoms in total. The lowest BCUT2D eigenvalue weighted by molar-refractivity contribution is -0.160. The Balaban J connectivity index is 1.87. The third-order valence-corrected chi connectivity index (χ3v) is 20.2. The van der Waals surface area contributed by atoms with E-state index in [2.05, 4.69) is 60.1 Å². The van der Waals surface area contributed by atoms with Gasteiger partial charge in [-0.2, -0.15) is 0 Å². The van der Waals surface area contributed by atoms with Crippen LogP contribution in [0.5, 0.6) is 5.75 Å². The number of primary amides is 1. The second-order valence-corrected chi connectivity index (χ2v) is 30.1. The summed E-state index contributed by atoms with van der Waals surface area (Å²) in [6.07, 6.45) is -4.77. The van der Waals surface area contributed by atoms with Gasteiger partial charge in [-0.15, -0.1) is 0 Å². The van der Waals surface area contributed by atoms with Gasteiger partial charge in [-0.05, 0) is 103 Å². The van der Waals surface area contributed by atoms with Gasteiger partial charge in [0.1, 0.15) is 66.2 Å². The van der Waals surface area contributed by atoms with Crippen molar-refractivity contribution in [1.29, 1.82) is 0 Å². The van der Waals surface area contributed by atoms with Gasteiger partial charge in [0.2, 0.25) is 70.9 Å².